The van der Waals surface area contributed by atoms with Crippen LogP contribution in [0.1, 0.15) is 50.8 Å². The van der Waals surface area contributed by atoms with Gasteiger partial charge in [-0.1, -0.05) is 42.5 Å². The molecule has 0 radical (unpaired) electrons. The Morgan fingerprint density at radius 2 is 1.53 bits per heavy atom. The minimum Gasteiger partial charge on any atom is -0.493 e. The number of benzene rings is 3. The van der Waals surface area contributed by atoms with E-state index in [2.05, 4.69) is 18.2 Å². The second kappa shape index (κ2) is 11.7. The lowest BCUT2D eigenvalue weighted by Gasteiger charge is -2.24. The Balaban J connectivity index is 1.65. The highest BCUT2D eigenvalue weighted by atomic mass is 16.7. The molecule has 38 heavy (non-hydrogen) atoms. The van der Waals surface area contributed by atoms with Crippen molar-refractivity contribution in [1.82, 2.24) is 4.90 Å². The zero-order valence-electron chi connectivity index (χ0n) is 23.1. The Labute approximate surface area is 225 Å². The van der Waals surface area contributed by atoms with E-state index in [1.807, 2.05) is 101 Å². The van der Waals surface area contributed by atoms with E-state index < -0.39 is 5.41 Å². The lowest BCUT2D eigenvalue weighted by Crippen LogP contribution is -2.30. The summed E-state index contributed by atoms with van der Waals surface area (Å²) in [4.78, 5) is 14.0. The summed E-state index contributed by atoms with van der Waals surface area (Å²) in [5.74, 6) is 2.05. The fourth-order valence-electron chi connectivity index (χ4n) is 4.10. The number of ether oxygens (including phenoxy) is 4. The molecule has 1 unspecified atom stereocenters. The van der Waals surface area contributed by atoms with Crippen LogP contribution < -0.4 is 14.2 Å². The van der Waals surface area contributed by atoms with Crippen LogP contribution in [-0.4, -0.2) is 44.6 Å². The zero-order chi connectivity index (χ0) is 27.3. The van der Waals surface area contributed by atoms with Crippen LogP contribution in [0.4, 0.5) is 0 Å². The number of hydrogen-bond acceptors (Lipinski definition) is 6. The molecule has 1 heterocycles. The average Bonchev–Trinajstić information content (AvgIpc) is 2.90. The lowest BCUT2D eigenvalue weighted by molar-refractivity contribution is -0.159. The molecule has 1 atom stereocenters. The Morgan fingerprint density at radius 1 is 0.921 bits per heavy atom. The van der Waals surface area contributed by atoms with Gasteiger partial charge in [-0.3, -0.25) is 9.69 Å². The molecule has 0 saturated heterocycles. The molecule has 1 aliphatic rings. The summed E-state index contributed by atoms with van der Waals surface area (Å²) in [6.07, 6.45) is 0.764. The normalized spacial score (nSPS) is 15.2. The summed E-state index contributed by atoms with van der Waals surface area (Å²) in [5, 5.41) is 0. The molecule has 0 spiro atoms. The lowest BCUT2D eigenvalue weighted by atomic mass is 9.87. The summed E-state index contributed by atoms with van der Waals surface area (Å²) in [5.41, 5.74) is 5.05. The number of hydrogen-bond donors (Lipinski definition) is 0. The number of fused-ring (bicyclic) bond motifs is 1. The number of para-hydroxylation sites is 1. The molecule has 3 aromatic carbocycles. The van der Waals surface area contributed by atoms with Crippen LogP contribution in [-0.2, 0) is 9.53 Å². The third kappa shape index (κ3) is 6.56. The quantitative estimate of drug-likeness (QED) is 0.248. The first-order valence-corrected chi connectivity index (χ1v) is 12.9. The van der Waals surface area contributed by atoms with Crippen molar-refractivity contribution in [3.63, 3.8) is 0 Å². The van der Waals surface area contributed by atoms with Gasteiger partial charge in [-0.05, 0) is 94.4 Å². The molecule has 6 nitrogen and oxygen atoms in total. The maximum absolute atomic E-state index is 12.0. The second-order valence-electron chi connectivity index (χ2n) is 10.6. The third-order valence-electron chi connectivity index (χ3n) is 6.47. The van der Waals surface area contributed by atoms with Crippen molar-refractivity contribution in [1.29, 1.82) is 0 Å². The van der Waals surface area contributed by atoms with Crippen LogP contribution in [0.2, 0.25) is 0 Å². The molecule has 0 fully saturated rings. The van der Waals surface area contributed by atoms with Crippen LogP contribution in [0.5, 0.6) is 17.2 Å². The fourth-order valence-corrected chi connectivity index (χ4v) is 4.10. The smallest absolute Gasteiger partial charge is 0.314 e. The fraction of sp³-hybridized carbons (Fsp3) is 0.344. The van der Waals surface area contributed by atoms with Crippen molar-refractivity contribution >= 4 is 17.1 Å². The van der Waals surface area contributed by atoms with E-state index in [4.69, 9.17) is 18.9 Å². The highest BCUT2D eigenvalue weighted by Gasteiger charge is 2.23. The van der Waals surface area contributed by atoms with Crippen molar-refractivity contribution in [2.75, 3.05) is 27.5 Å². The number of esters is 1. The van der Waals surface area contributed by atoms with Gasteiger partial charge in [0.15, 0.2) is 0 Å². The highest BCUT2D eigenvalue weighted by Crippen LogP contribution is 2.41. The Kier molecular flexibility index (Phi) is 8.42. The highest BCUT2D eigenvalue weighted by molar-refractivity contribution is 6.00. The van der Waals surface area contributed by atoms with Gasteiger partial charge in [0.05, 0.1) is 12.0 Å². The maximum atomic E-state index is 12.0. The zero-order valence-corrected chi connectivity index (χ0v) is 23.1. The summed E-state index contributed by atoms with van der Waals surface area (Å²) in [6, 6.07) is 24.3. The summed E-state index contributed by atoms with van der Waals surface area (Å²) < 4.78 is 22.9. The molecule has 0 N–H and O–H groups in total. The largest absolute Gasteiger partial charge is 0.493 e. The molecule has 200 valence electrons. The van der Waals surface area contributed by atoms with Crippen molar-refractivity contribution in [3.8, 4) is 17.2 Å². The van der Waals surface area contributed by atoms with E-state index in [1.54, 1.807) is 0 Å². The summed E-state index contributed by atoms with van der Waals surface area (Å²) >= 11 is 0. The topological polar surface area (TPSA) is 57.2 Å². The number of rotatable bonds is 8. The maximum Gasteiger partial charge on any atom is 0.314 e. The molecule has 4 rings (SSSR count). The van der Waals surface area contributed by atoms with E-state index in [-0.39, 0.29) is 19.0 Å². The summed E-state index contributed by atoms with van der Waals surface area (Å²) in [6.45, 7) is 7.96. The van der Waals surface area contributed by atoms with Crippen molar-refractivity contribution in [3.05, 3.63) is 89.5 Å². The van der Waals surface area contributed by atoms with Crippen molar-refractivity contribution in [2.24, 2.45) is 5.41 Å². The van der Waals surface area contributed by atoms with Gasteiger partial charge < -0.3 is 18.9 Å². The molecule has 3 aromatic rings. The number of nitrogens with zero attached hydrogens (tertiary/aromatic N) is 1. The molecule has 6 heteroatoms. The first-order valence-electron chi connectivity index (χ1n) is 12.9. The number of carbonyl (C=O) groups is 1. The van der Waals surface area contributed by atoms with Crippen LogP contribution in [0.15, 0.2) is 72.8 Å². The van der Waals surface area contributed by atoms with E-state index in [1.165, 1.54) is 5.57 Å². The Morgan fingerprint density at radius 3 is 2.13 bits per heavy atom. The van der Waals surface area contributed by atoms with Gasteiger partial charge in [0.2, 0.25) is 6.79 Å². The van der Waals surface area contributed by atoms with E-state index in [9.17, 15) is 4.79 Å². The van der Waals surface area contributed by atoms with Crippen LogP contribution in [0.25, 0.3) is 11.1 Å². The van der Waals surface area contributed by atoms with Gasteiger partial charge in [0.1, 0.15) is 23.5 Å². The van der Waals surface area contributed by atoms with Crippen molar-refractivity contribution < 1.29 is 23.7 Å². The third-order valence-corrected chi connectivity index (χ3v) is 6.47. The predicted molar refractivity (Wildman–Crippen MR) is 150 cm³/mol. The second-order valence-corrected chi connectivity index (χ2v) is 10.6. The van der Waals surface area contributed by atoms with Gasteiger partial charge >= 0.3 is 5.97 Å². The first kappa shape index (κ1) is 27.3. The van der Waals surface area contributed by atoms with Crippen molar-refractivity contribution in [2.45, 2.75) is 40.3 Å². The minimum atomic E-state index is -0.570. The van der Waals surface area contributed by atoms with Gasteiger partial charge in [0, 0.05) is 12.0 Å². The molecule has 0 aromatic heterocycles. The molecule has 0 aliphatic carbocycles. The van der Waals surface area contributed by atoms with Gasteiger partial charge in [-0.25, -0.2) is 0 Å². The average molecular weight is 516 g/mol. The van der Waals surface area contributed by atoms with Crippen LogP contribution >= 0.6 is 0 Å². The standard InChI is InChI=1S/C32H37NO5/c1-22(33(5)6)38-26-17-13-24(14-18-26)30(28-19-20-35-29-10-8-7-9-27(28)29)23-11-15-25(16-12-23)36-21-37-31(34)32(2,3)4/h7-18,22H,19-21H2,1-6H3/b30-28-. The molecule has 0 bridgehead atoms. The summed E-state index contributed by atoms with van der Waals surface area (Å²) in [7, 11) is 3.98. The molecule has 0 amide bonds. The number of carbonyl (C=O) groups excluding carboxylic acids is 1. The van der Waals surface area contributed by atoms with Gasteiger partial charge in [-0.2, -0.15) is 0 Å². The van der Waals surface area contributed by atoms with Gasteiger partial charge in [0.25, 0.3) is 0 Å². The predicted octanol–water partition coefficient (Wildman–Crippen LogP) is 6.64. The van der Waals surface area contributed by atoms with E-state index >= 15 is 0 Å². The van der Waals surface area contributed by atoms with E-state index in [0.29, 0.717) is 12.4 Å². The van der Waals surface area contributed by atoms with Crippen LogP contribution in [0, 0.1) is 5.41 Å². The Bertz CT molecular complexity index is 1270. The van der Waals surface area contributed by atoms with Gasteiger partial charge in [-0.15, -0.1) is 0 Å². The van der Waals surface area contributed by atoms with Crippen LogP contribution in [0.3, 0.4) is 0 Å². The Hall–Kier alpha value is -3.77. The minimum absolute atomic E-state index is 0.0312. The first-order chi connectivity index (χ1) is 18.1. The SMILES string of the molecule is CC(Oc1ccc(/C(=C2/CCOc3ccccc32)c2ccc(OCOC(=O)C(C)(C)C)cc2)cc1)N(C)C. The molecule has 1 aliphatic heterocycles. The van der Waals surface area contributed by atoms with E-state index in [0.717, 1.165) is 40.2 Å². The molecule has 0 saturated carbocycles. The monoisotopic (exact) mass is 515 g/mol. The molecular formula is C32H37NO5. The molecular weight excluding hydrogens is 478 g/mol.